The van der Waals surface area contributed by atoms with Crippen molar-refractivity contribution in [1.82, 2.24) is 4.90 Å². The molecule has 2 atom stereocenters. The summed E-state index contributed by atoms with van der Waals surface area (Å²) in [6.07, 6.45) is 1.77. The summed E-state index contributed by atoms with van der Waals surface area (Å²) in [6.45, 7) is 5.31. The first-order chi connectivity index (χ1) is 10.5. The summed E-state index contributed by atoms with van der Waals surface area (Å²) in [4.78, 5) is 26.1. The molecule has 0 saturated heterocycles. The predicted molar refractivity (Wildman–Crippen MR) is 85.6 cm³/mol. The maximum atomic E-state index is 12.8. The molecular weight excluding hydrogens is 278 g/mol. The summed E-state index contributed by atoms with van der Waals surface area (Å²) < 4.78 is 5.15. The number of hydrogen-bond acceptors (Lipinski definition) is 3. The van der Waals surface area contributed by atoms with E-state index in [1.165, 1.54) is 0 Å². The molecule has 0 aromatic heterocycles. The van der Waals surface area contributed by atoms with Crippen molar-refractivity contribution in [3.63, 3.8) is 0 Å². The highest BCUT2D eigenvalue weighted by Crippen LogP contribution is 2.29. The maximum absolute atomic E-state index is 12.8. The van der Waals surface area contributed by atoms with Crippen LogP contribution in [0, 0.1) is 11.8 Å². The quantitative estimate of drug-likeness (QED) is 0.840. The van der Waals surface area contributed by atoms with Gasteiger partial charge in [-0.2, -0.15) is 0 Å². The highest BCUT2D eigenvalue weighted by molar-refractivity contribution is 5.85. The van der Waals surface area contributed by atoms with Gasteiger partial charge in [0.15, 0.2) is 0 Å². The van der Waals surface area contributed by atoms with Crippen molar-refractivity contribution in [1.29, 1.82) is 0 Å². The van der Waals surface area contributed by atoms with E-state index >= 15 is 0 Å². The minimum Gasteiger partial charge on any atom is -0.497 e. The van der Waals surface area contributed by atoms with Gasteiger partial charge >= 0.3 is 0 Å². The van der Waals surface area contributed by atoms with Gasteiger partial charge in [-0.3, -0.25) is 9.59 Å². The molecule has 1 saturated carbocycles. The van der Waals surface area contributed by atoms with Crippen molar-refractivity contribution >= 4 is 11.7 Å². The number of methoxy groups -OCH3 is 1. The fraction of sp³-hybridized carbons (Fsp3) is 0.556. The molecule has 2 rings (SSSR count). The molecule has 1 fully saturated rings. The van der Waals surface area contributed by atoms with Gasteiger partial charge in [-0.25, -0.2) is 0 Å². The zero-order chi connectivity index (χ0) is 16.1. The molecule has 1 amide bonds. The molecule has 1 aliphatic rings. The number of nitrogens with zero attached hydrogens (tertiary/aromatic N) is 1. The smallest absolute Gasteiger partial charge is 0.226 e. The lowest BCUT2D eigenvalue weighted by Crippen LogP contribution is -2.40. The van der Waals surface area contributed by atoms with E-state index < -0.39 is 0 Å². The van der Waals surface area contributed by atoms with E-state index in [4.69, 9.17) is 4.74 Å². The van der Waals surface area contributed by atoms with Crippen molar-refractivity contribution in [2.75, 3.05) is 13.7 Å². The van der Waals surface area contributed by atoms with Crippen LogP contribution >= 0.6 is 0 Å². The molecule has 0 aliphatic heterocycles. The van der Waals surface area contributed by atoms with E-state index in [2.05, 4.69) is 0 Å². The van der Waals surface area contributed by atoms with Crippen LogP contribution in [0.4, 0.5) is 0 Å². The summed E-state index contributed by atoms with van der Waals surface area (Å²) in [5.74, 6) is 1.42. The average Bonchev–Trinajstić information content (AvgIpc) is 2.52. The monoisotopic (exact) mass is 303 g/mol. The lowest BCUT2D eigenvalue weighted by atomic mass is 9.79. The van der Waals surface area contributed by atoms with Gasteiger partial charge in [-0.05, 0) is 37.0 Å². The topological polar surface area (TPSA) is 46.6 Å². The van der Waals surface area contributed by atoms with Crippen LogP contribution in [0.5, 0.6) is 5.75 Å². The maximum Gasteiger partial charge on any atom is 0.226 e. The second kappa shape index (κ2) is 7.43. The third-order valence-electron chi connectivity index (χ3n) is 4.51. The Morgan fingerprint density at radius 1 is 1.32 bits per heavy atom. The molecule has 120 valence electrons. The number of carbonyl (C=O) groups excluding carboxylic acids is 2. The van der Waals surface area contributed by atoms with E-state index in [0.29, 0.717) is 32.4 Å². The third kappa shape index (κ3) is 3.87. The van der Waals surface area contributed by atoms with Crippen LogP contribution in [0.1, 0.15) is 38.7 Å². The van der Waals surface area contributed by atoms with Gasteiger partial charge in [-0.15, -0.1) is 0 Å². The van der Waals surface area contributed by atoms with Gasteiger partial charge < -0.3 is 9.64 Å². The first-order valence-corrected chi connectivity index (χ1v) is 7.98. The predicted octanol–water partition coefficient (Wildman–Crippen LogP) is 3.05. The molecule has 0 N–H and O–H groups in total. The summed E-state index contributed by atoms with van der Waals surface area (Å²) in [6, 6.07) is 7.80. The van der Waals surface area contributed by atoms with Gasteiger partial charge in [0.1, 0.15) is 11.5 Å². The lowest BCUT2D eigenvalue weighted by Gasteiger charge is -2.32. The van der Waals surface area contributed by atoms with Crippen LogP contribution in [0.25, 0.3) is 0 Å². The van der Waals surface area contributed by atoms with Gasteiger partial charge in [-0.1, -0.05) is 19.1 Å². The molecular formula is C18H25NO3. The Hall–Kier alpha value is -1.84. The highest BCUT2D eigenvalue weighted by atomic mass is 16.5. The Bertz CT molecular complexity index is 524. The van der Waals surface area contributed by atoms with Gasteiger partial charge in [0.25, 0.3) is 0 Å². The molecule has 4 nitrogen and oxygen atoms in total. The zero-order valence-corrected chi connectivity index (χ0v) is 13.7. The summed E-state index contributed by atoms with van der Waals surface area (Å²) in [7, 11) is 1.64. The van der Waals surface area contributed by atoms with E-state index in [9.17, 15) is 9.59 Å². The van der Waals surface area contributed by atoms with Gasteiger partial charge in [0.2, 0.25) is 5.91 Å². The number of amides is 1. The summed E-state index contributed by atoms with van der Waals surface area (Å²) >= 11 is 0. The second-order valence-corrected chi connectivity index (χ2v) is 6.07. The van der Waals surface area contributed by atoms with Crippen molar-refractivity contribution in [3.8, 4) is 5.75 Å². The van der Waals surface area contributed by atoms with Crippen LogP contribution in [-0.4, -0.2) is 30.2 Å². The Kier molecular flexibility index (Phi) is 5.58. The summed E-state index contributed by atoms with van der Waals surface area (Å²) in [5, 5.41) is 0. The number of carbonyl (C=O) groups is 2. The number of hydrogen-bond donors (Lipinski definition) is 0. The number of Topliss-reactive ketones (excluding diaryl/α,β-unsaturated/α-hetero) is 1. The first-order valence-electron chi connectivity index (χ1n) is 7.98. The molecule has 0 heterocycles. The summed E-state index contributed by atoms with van der Waals surface area (Å²) in [5.41, 5.74) is 1.09. The SMILES string of the molecule is CCN(Cc1ccc(OC)cc1)C(=O)[C@H]1CCC(=O)C[C@H]1C. The molecule has 0 bridgehead atoms. The van der Waals surface area contributed by atoms with Gasteiger partial charge in [0.05, 0.1) is 7.11 Å². The van der Waals surface area contributed by atoms with Crippen LogP contribution in [-0.2, 0) is 16.1 Å². The molecule has 22 heavy (non-hydrogen) atoms. The molecule has 1 aromatic carbocycles. The second-order valence-electron chi connectivity index (χ2n) is 6.07. The lowest BCUT2D eigenvalue weighted by molar-refractivity contribution is -0.140. The number of ketones is 1. The van der Waals surface area contributed by atoms with Crippen LogP contribution < -0.4 is 4.74 Å². The molecule has 1 aromatic rings. The van der Waals surface area contributed by atoms with E-state index in [-0.39, 0.29) is 23.5 Å². The fourth-order valence-electron chi connectivity index (χ4n) is 3.10. The minimum atomic E-state index is -0.0177. The van der Waals surface area contributed by atoms with Crippen LogP contribution in [0.3, 0.4) is 0 Å². The Morgan fingerprint density at radius 2 is 2.00 bits per heavy atom. The van der Waals surface area contributed by atoms with Crippen molar-refractivity contribution in [2.24, 2.45) is 11.8 Å². The van der Waals surface area contributed by atoms with Crippen LogP contribution in [0.15, 0.2) is 24.3 Å². The zero-order valence-electron chi connectivity index (χ0n) is 13.7. The van der Waals surface area contributed by atoms with E-state index in [1.807, 2.05) is 43.0 Å². The van der Waals surface area contributed by atoms with Crippen LogP contribution in [0.2, 0.25) is 0 Å². The normalized spacial score (nSPS) is 21.5. The highest BCUT2D eigenvalue weighted by Gasteiger charge is 2.33. The number of ether oxygens (including phenoxy) is 1. The minimum absolute atomic E-state index is 0.0177. The number of rotatable bonds is 5. The first kappa shape index (κ1) is 16.5. The van der Waals surface area contributed by atoms with E-state index in [1.54, 1.807) is 7.11 Å². The molecule has 0 spiro atoms. The van der Waals surface area contributed by atoms with Gasteiger partial charge in [0, 0.05) is 31.8 Å². The molecule has 1 aliphatic carbocycles. The van der Waals surface area contributed by atoms with Crippen molar-refractivity contribution in [2.45, 2.75) is 39.7 Å². The Balaban J connectivity index is 2.03. The average molecular weight is 303 g/mol. The molecule has 4 heteroatoms. The Morgan fingerprint density at radius 3 is 2.55 bits per heavy atom. The molecule has 0 unspecified atom stereocenters. The third-order valence-corrected chi connectivity index (χ3v) is 4.51. The molecule has 0 radical (unpaired) electrons. The Labute approximate surface area is 132 Å². The number of benzene rings is 1. The largest absolute Gasteiger partial charge is 0.497 e. The standard InChI is InChI=1S/C18H25NO3/c1-4-19(12-14-5-8-16(22-3)9-6-14)18(21)17-10-7-15(20)11-13(17)2/h5-6,8-9,13,17H,4,7,10-12H2,1-3H3/t13-,17+/m1/s1. The van der Waals surface area contributed by atoms with E-state index in [0.717, 1.165) is 11.3 Å². The fourth-order valence-corrected chi connectivity index (χ4v) is 3.10. The van der Waals surface area contributed by atoms with Crippen molar-refractivity contribution in [3.05, 3.63) is 29.8 Å². The van der Waals surface area contributed by atoms with Crippen molar-refractivity contribution < 1.29 is 14.3 Å².